The minimum atomic E-state index is -0.217. The van der Waals surface area contributed by atoms with Crippen molar-refractivity contribution in [3.05, 3.63) is 71.2 Å². The van der Waals surface area contributed by atoms with Crippen LogP contribution in [0.3, 0.4) is 0 Å². The van der Waals surface area contributed by atoms with Crippen LogP contribution in [0.5, 0.6) is 0 Å². The number of benzene rings is 2. The van der Waals surface area contributed by atoms with Crippen molar-refractivity contribution in [3.63, 3.8) is 0 Å². The molecular formula is C24H23NO2. The molecule has 0 saturated heterocycles. The number of hydrogen-bond acceptors (Lipinski definition) is 3. The van der Waals surface area contributed by atoms with E-state index in [0.29, 0.717) is 6.42 Å². The fourth-order valence-corrected chi connectivity index (χ4v) is 4.66. The quantitative estimate of drug-likeness (QED) is 0.576. The highest BCUT2D eigenvalue weighted by molar-refractivity contribution is 6.12. The molecule has 1 aliphatic heterocycles. The lowest BCUT2D eigenvalue weighted by Gasteiger charge is -2.39. The summed E-state index contributed by atoms with van der Waals surface area (Å²) in [6, 6.07) is 16.4. The minimum absolute atomic E-state index is 0.0366. The number of carbonyl (C=O) groups excluding carboxylic acids is 1. The second-order valence-electron chi connectivity index (χ2n) is 8.57. The van der Waals surface area contributed by atoms with Crippen molar-refractivity contribution in [2.24, 2.45) is 5.41 Å². The number of carbonyl (C=O) groups is 1. The first kappa shape index (κ1) is 16.4. The van der Waals surface area contributed by atoms with E-state index in [4.69, 9.17) is 4.42 Å². The van der Waals surface area contributed by atoms with Gasteiger partial charge < -0.3 is 9.73 Å². The molecule has 2 aromatic carbocycles. The van der Waals surface area contributed by atoms with Gasteiger partial charge in [-0.25, -0.2) is 0 Å². The van der Waals surface area contributed by atoms with E-state index >= 15 is 0 Å². The van der Waals surface area contributed by atoms with Crippen molar-refractivity contribution in [2.45, 2.75) is 39.7 Å². The molecule has 1 aliphatic carbocycles. The molecule has 5 rings (SSSR count). The Balaban J connectivity index is 1.81. The van der Waals surface area contributed by atoms with Gasteiger partial charge in [-0.1, -0.05) is 44.2 Å². The Labute approximate surface area is 159 Å². The number of rotatable bonds is 1. The molecule has 0 saturated carbocycles. The molecule has 27 heavy (non-hydrogen) atoms. The van der Waals surface area contributed by atoms with Gasteiger partial charge in [0.15, 0.2) is 5.78 Å². The van der Waals surface area contributed by atoms with E-state index in [2.05, 4.69) is 55.6 Å². The molecule has 0 bridgehead atoms. The third-order valence-corrected chi connectivity index (χ3v) is 5.78. The van der Waals surface area contributed by atoms with Crippen LogP contribution in [0.4, 0.5) is 5.69 Å². The Morgan fingerprint density at radius 3 is 2.63 bits per heavy atom. The summed E-state index contributed by atoms with van der Waals surface area (Å²) in [7, 11) is 0. The Kier molecular flexibility index (Phi) is 3.39. The highest BCUT2D eigenvalue weighted by atomic mass is 16.3. The number of Topliss-reactive ketones (excluding diaryl/α,β-unsaturated/α-hetero) is 1. The average molecular weight is 357 g/mol. The summed E-state index contributed by atoms with van der Waals surface area (Å²) in [5.74, 6) is 1.90. The Bertz CT molecular complexity index is 1120. The van der Waals surface area contributed by atoms with Crippen molar-refractivity contribution in [1.82, 2.24) is 0 Å². The summed E-state index contributed by atoms with van der Waals surface area (Å²) in [6.45, 7) is 6.32. The van der Waals surface area contributed by atoms with Crippen LogP contribution in [-0.4, -0.2) is 5.78 Å². The lowest BCUT2D eigenvalue weighted by Crippen LogP contribution is -2.33. The van der Waals surface area contributed by atoms with Gasteiger partial charge in [-0.15, -0.1) is 0 Å². The van der Waals surface area contributed by atoms with Crippen LogP contribution in [0.15, 0.2) is 58.5 Å². The molecule has 1 N–H and O–H groups in total. The molecule has 3 aromatic rings. The summed E-state index contributed by atoms with van der Waals surface area (Å²) in [6.07, 6.45) is 1.47. The highest BCUT2D eigenvalue weighted by Crippen LogP contribution is 2.52. The van der Waals surface area contributed by atoms with Gasteiger partial charge in [0.1, 0.15) is 17.6 Å². The highest BCUT2D eigenvalue weighted by Gasteiger charge is 2.41. The molecule has 3 nitrogen and oxygen atoms in total. The van der Waals surface area contributed by atoms with E-state index in [0.717, 1.165) is 29.2 Å². The monoisotopic (exact) mass is 357 g/mol. The Morgan fingerprint density at radius 2 is 1.85 bits per heavy atom. The number of furan rings is 1. The lowest BCUT2D eigenvalue weighted by molar-refractivity contribution is -0.118. The molecule has 0 unspecified atom stereocenters. The van der Waals surface area contributed by atoms with Gasteiger partial charge in [-0.2, -0.15) is 0 Å². The fraction of sp³-hybridized carbons (Fsp3) is 0.292. The van der Waals surface area contributed by atoms with E-state index in [1.54, 1.807) is 0 Å². The second kappa shape index (κ2) is 5.59. The standard InChI is InChI=1S/C24H23NO2/c1-14-8-11-20(27-14)23-22-17(12-24(2,3)13-19(22)26)21-16-7-5-4-6-15(16)9-10-18(21)25-23/h4-11,23,25H,12-13H2,1-3H3/t23-/m0/s1. The molecule has 0 radical (unpaired) electrons. The zero-order valence-electron chi connectivity index (χ0n) is 15.9. The maximum Gasteiger partial charge on any atom is 0.162 e. The van der Waals surface area contributed by atoms with Crippen LogP contribution in [0, 0.1) is 12.3 Å². The number of hydrogen-bond donors (Lipinski definition) is 1. The van der Waals surface area contributed by atoms with Crippen molar-refractivity contribution in [2.75, 3.05) is 5.32 Å². The summed E-state index contributed by atoms with van der Waals surface area (Å²) in [4.78, 5) is 13.2. The van der Waals surface area contributed by atoms with Gasteiger partial charge in [0.2, 0.25) is 0 Å². The lowest BCUT2D eigenvalue weighted by atomic mass is 9.68. The number of aryl methyl sites for hydroxylation is 1. The van der Waals surface area contributed by atoms with Crippen molar-refractivity contribution in [3.8, 4) is 0 Å². The van der Waals surface area contributed by atoms with Gasteiger partial charge in [-0.3, -0.25) is 4.79 Å². The van der Waals surface area contributed by atoms with Crippen LogP contribution in [-0.2, 0) is 4.79 Å². The number of fused-ring (bicyclic) bond motifs is 4. The predicted octanol–water partition coefficient (Wildman–Crippen LogP) is 6.05. The number of allylic oxidation sites excluding steroid dienone is 1. The number of anilines is 1. The largest absolute Gasteiger partial charge is 0.464 e. The zero-order chi connectivity index (χ0) is 18.8. The van der Waals surface area contributed by atoms with Gasteiger partial charge in [0.25, 0.3) is 0 Å². The summed E-state index contributed by atoms with van der Waals surface area (Å²) in [5.41, 5.74) is 4.29. The van der Waals surface area contributed by atoms with Crippen molar-refractivity contribution in [1.29, 1.82) is 0 Å². The van der Waals surface area contributed by atoms with Crippen LogP contribution in [0.2, 0.25) is 0 Å². The predicted molar refractivity (Wildman–Crippen MR) is 109 cm³/mol. The normalized spacial score (nSPS) is 21.0. The van der Waals surface area contributed by atoms with Crippen LogP contribution < -0.4 is 5.32 Å². The third-order valence-electron chi connectivity index (χ3n) is 5.78. The van der Waals surface area contributed by atoms with Gasteiger partial charge in [0.05, 0.1) is 0 Å². The van der Waals surface area contributed by atoms with E-state index in [-0.39, 0.29) is 17.2 Å². The van der Waals surface area contributed by atoms with Crippen molar-refractivity contribution < 1.29 is 9.21 Å². The maximum absolute atomic E-state index is 13.2. The SMILES string of the molecule is Cc1ccc([C@@H]2Nc3ccc4ccccc4c3C3=C2C(=O)CC(C)(C)C3)o1. The van der Waals surface area contributed by atoms with Crippen molar-refractivity contribution >= 4 is 27.8 Å². The molecule has 2 aliphatic rings. The molecule has 0 fully saturated rings. The first-order valence-electron chi connectivity index (χ1n) is 9.54. The molecule has 0 amide bonds. The summed E-state index contributed by atoms with van der Waals surface area (Å²) >= 11 is 0. The van der Waals surface area contributed by atoms with Crippen LogP contribution >= 0.6 is 0 Å². The van der Waals surface area contributed by atoms with Gasteiger partial charge >= 0.3 is 0 Å². The first-order valence-corrected chi connectivity index (χ1v) is 9.54. The Morgan fingerprint density at radius 1 is 1.04 bits per heavy atom. The Hall–Kier alpha value is -2.81. The molecule has 1 aromatic heterocycles. The number of nitrogens with one attached hydrogen (secondary N) is 1. The third kappa shape index (κ3) is 2.53. The van der Waals surface area contributed by atoms with Gasteiger partial charge in [-0.05, 0) is 53.3 Å². The fourth-order valence-electron chi connectivity index (χ4n) is 4.66. The second-order valence-corrected chi connectivity index (χ2v) is 8.57. The van der Waals surface area contributed by atoms with E-state index < -0.39 is 0 Å². The number of ketones is 1. The topological polar surface area (TPSA) is 42.2 Å². The smallest absolute Gasteiger partial charge is 0.162 e. The minimum Gasteiger partial charge on any atom is -0.464 e. The van der Waals surface area contributed by atoms with Gasteiger partial charge in [0, 0.05) is 23.2 Å². The summed E-state index contributed by atoms with van der Waals surface area (Å²) in [5, 5.41) is 6.01. The van der Waals surface area contributed by atoms with E-state index in [1.165, 1.54) is 21.9 Å². The van der Waals surface area contributed by atoms with E-state index in [9.17, 15) is 4.79 Å². The summed E-state index contributed by atoms with van der Waals surface area (Å²) < 4.78 is 5.93. The molecular weight excluding hydrogens is 334 g/mol. The molecule has 2 heterocycles. The zero-order valence-corrected chi connectivity index (χ0v) is 15.9. The average Bonchev–Trinajstić information content (AvgIpc) is 3.05. The van der Waals surface area contributed by atoms with Crippen LogP contribution in [0.1, 0.15) is 49.8 Å². The van der Waals surface area contributed by atoms with Crippen LogP contribution in [0.25, 0.3) is 16.3 Å². The molecule has 0 spiro atoms. The van der Waals surface area contributed by atoms with E-state index in [1.807, 2.05) is 19.1 Å². The molecule has 136 valence electrons. The first-order chi connectivity index (χ1) is 12.9. The maximum atomic E-state index is 13.2. The molecule has 1 atom stereocenters. The molecule has 3 heteroatoms.